The molecule has 1 N–H and O–H groups in total. The minimum absolute atomic E-state index is 0.212. The largest absolute Gasteiger partial charge is 0.493 e. The van der Waals surface area contributed by atoms with Crippen molar-refractivity contribution in [3.05, 3.63) is 95.1 Å². The SMILES string of the molecule is COc1cccc(C(=O)NCc2ccc(COCc3ccccc3)cc2)c1OC. The first-order valence-electron chi connectivity index (χ1n) is 9.40. The van der Waals surface area contributed by atoms with Gasteiger partial charge in [-0.15, -0.1) is 0 Å². The third-order valence-electron chi connectivity index (χ3n) is 4.50. The lowest BCUT2D eigenvalue weighted by Gasteiger charge is -2.12. The summed E-state index contributed by atoms with van der Waals surface area (Å²) >= 11 is 0. The zero-order valence-corrected chi connectivity index (χ0v) is 16.7. The van der Waals surface area contributed by atoms with E-state index >= 15 is 0 Å². The molecule has 0 aliphatic rings. The molecule has 0 atom stereocenters. The lowest BCUT2D eigenvalue weighted by molar-refractivity contribution is 0.0947. The molecule has 1 amide bonds. The van der Waals surface area contributed by atoms with Crippen LogP contribution in [0.5, 0.6) is 11.5 Å². The Morgan fingerprint density at radius 1 is 0.759 bits per heavy atom. The van der Waals surface area contributed by atoms with Gasteiger partial charge in [0.15, 0.2) is 11.5 Å². The summed E-state index contributed by atoms with van der Waals surface area (Å²) in [4.78, 5) is 12.5. The molecule has 0 aliphatic heterocycles. The second kappa shape index (κ2) is 10.3. The normalized spacial score (nSPS) is 10.4. The number of nitrogens with one attached hydrogen (secondary N) is 1. The van der Waals surface area contributed by atoms with Crippen LogP contribution in [0.25, 0.3) is 0 Å². The van der Waals surface area contributed by atoms with Gasteiger partial charge in [-0.05, 0) is 28.8 Å². The van der Waals surface area contributed by atoms with Crippen molar-refractivity contribution in [1.82, 2.24) is 5.32 Å². The van der Waals surface area contributed by atoms with Crippen LogP contribution in [-0.2, 0) is 24.5 Å². The van der Waals surface area contributed by atoms with Crippen LogP contribution in [0, 0.1) is 0 Å². The van der Waals surface area contributed by atoms with E-state index in [9.17, 15) is 4.79 Å². The first-order valence-corrected chi connectivity index (χ1v) is 9.40. The van der Waals surface area contributed by atoms with Crippen LogP contribution in [0.1, 0.15) is 27.0 Å². The molecule has 0 spiro atoms. The number of amides is 1. The molecule has 0 radical (unpaired) electrons. The second-order valence-corrected chi connectivity index (χ2v) is 6.52. The fourth-order valence-electron chi connectivity index (χ4n) is 2.96. The number of rotatable bonds is 9. The fraction of sp³-hybridized carbons (Fsp3) is 0.208. The predicted molar refractivity (Wildman–Crippen MR) is 112 cm³/mol. The van der Waals surface area contributed by atoms with Crippen LogP contribution in [0.2, 0.25) is 0 Å². The average Bonchev–Trinajstić information content (AvgIpc) is 2.78. The van der Waals surface area contributed by atoms with Gasteiger partial charge >= 0.3 is 0 Å². The highest BCUT2D eigenvalue weighted by Gasteiger charge is 2.15. The van der Waals surface area contributed by atoms with E-state index in [2.05, 4.69) is 5.32 Å². The van der Waals surface area contributed by atoms with E-state index in [1.807, 2.05) is 54.6 Å². The van der Waals surface area contributed by atoms with Gasteiger partial charge in [0.2, 0.25) is 0 Å². The van der Waals surface area contributed by atoms with E-state index in [0.717, 1.165) is 16.7 Å². The van der Waals surface area contributed by atoms with Crippen LogP contribution < -0.4 is 14.8 Å². The van der Waals surface area contributed by atoms with Gasteiger partial charge in [0.05, 0.1) is 33.0 Å². The van der Waals surface area contributed by atoms with Gasteiger partial charge in [-0.3, -0.25) is 4.79 Å². The first-order chi connectivity index (χ1) is 14.2. The topological polar surface area (TPSA) is 56.8 Å². The Morgan fingerprint density at radius 2 is 1.41 bits per heavy atom. The fourth-order valence-corrected chi connectivity index (χ4v) is 2.96. The molecule has 150 valence electrons. The van der Waals surface area contributed by atoms with Crippen molar-refractivity contribution < 1.29 is 19.0 Å². The number of methoxy groups -OCH3 is 2. The number of hydrogen-bond donors (Lipinski definition) is 1. The summed E-state index contributed by atoms with van der Waals surface area (Å²) < 4.78 is 16.3. The van der Waals surface area contributed by atoms with Crippen molar-refractivity contribution in [3.8, 4) is 11.5 Å². The maximum absolute atomic E-state index is 12.5. The van der Waals surface area contributed by atoms with E-state index in [4.69, 9.17) is 14.2 Å². The number of benzene rings is 3. The van der Waals surface area contributed by atoms with Crippen molar-refractivity contribution in [2.45, 2.75) is 19.8 Å². The summed E-state index contributed by atoms with van der Waals surface area (Å²) in [6, 6.07) is 23.3. The van der Waals surface area contributed by atoms with E-state index in [1.165, 1.54) is 7.11 Å². The van der Waals surface area contributed by atoms with Crippen LogP contribution in [0.4, 0.5) is 0 Å². The van der Waals surface area contributed by atoms with Crippen molar-refractivity contribution in [2.75, 3.05) is 14.2 Å². The lowest BCUT2D eigenvalue weighted by atomic mass is 10.1. The highest BCUT2D eigenvalue weighted by Crippen LogP contribution is 2.30. The number of carbonyl (C=O) groups is 1. The summed E-state index contributed by atoms with van der Waals surface area (Å²) in [6.07, 6.45) is 0. The molecule has 0 saturated heterocycles. The monoisotopic (exact) mass is 391 g/mol. The quantitative estimate of drug-likeness (QED) is 0.589. The van der Waals surface area contributed by atoms with E-state index in [1.54, 1.807) is 25.3 Å². The summed E-state index contributed by atoms with van der Waals surface area (Å²) in [7, 11) is 3.07. The Morgan fingerprint density at radius 3 is 2.07 bits per heavy atom. The summed E-state index contributed by atoms with van der Waals surface area (Å²) in [6.45, 7) is 1.55. The molecular weight excluding hydrogens is 366 g/mol. The van der Waals surface area contributed by atoms with Gasteiger partial charge in [0.1, 0.15) is 0 Å². The maximum atomic E-state index is 12.5. The molecule has 0 fully saturated rings. The van der Waals surface area contributed by atoms with Gasteiger partial charge < -0.3 is 19.5 Å². The molecule has 3 aromatic carbocycles. The molecular formula is C24H25NO4. The Balaban J connectivity index is 1.52. The molecule has 3 rings (SSSR count). The van der Waals surface area contributed by atoms with Crippen molar-refractivity contribution in [1.29, 1.82) is 0 Å². The van der Waals surface area contributed by atoms with Crippen molar-refractivity contribution in [3.63, 3.8) is 0 Å². The van der Waals surface area contributed by atoms with E-state index in [-0.39, 0.29) is 5.91 Å². The minimum atomic E-state index is -0.212. The summed E-state index contributed by atoms with van der Waals surface area (Å²) in [5, 5.41) is 2.92. The molecule has 29 heavy (non-hydrogen) atoms. The molecule has 0 aliphatic carbocycles. The second-order valence-electron chi connectivity index (χ2n) is 6.52. The third kappa shape index (κ3) is 5.59. The highest BCUT2D eigenvalue weighted by atomic mass is 16.5. The first kappa shape index (κ1) is 20.4. The molecule has 0 unspecified atom stereocenters. The number of para-hydroxylation sites is 1. The number of hydrogen-bond acceptors (Lipinski definition) is 4. The van der Waals surface area contributed by atoms with Crippen LogP contribution in [-0.4, -0.2) is 20.1 Å². The van der Waals surface area contributed by atoms with Gasteiger partial charge in [-0.2, -0.15) is 0 Å². The van der Waals surface area contributed by atoms with Crippen LogP contribution in [0.15, 0.2) is 72.8 Å². The van der Waals surface area contributed by atoms with Gasteiger partial charge in [0, 0.05) is 6.54 Å². The zero-order valence-electron chi connectivity index (χ0n) is 16.7. The molecule has 0 heterocycles. The summed E-state index contributed by atoms with van der Waals surface area (Å²) in [5.41, 5.74) is 3.69. The smallest absolute Gasteiger partial charge is 0.255 e. The molecule has 0 bridgehead atoms. The standard InChI is InChI=1S/C24H25NO4/c1-27-22-10-6-9-21(23(22)28-2)24(26)25-15-18-11-13-20(14-12-18)17-29-16-19-7-4-3-5-8-19/h3-14H,15-17H2,1-2H3,(H,25,26). The van der Waals surface area contributed by atoms with E-state index < -0.39 is 0 Å². The zero-order chi connectivity index (χ0) is 20.5. The Kier molecular flexibility index (Phi) is 7.25. The van der Waals surface area contributed by atoms with Gasteiger partial charge in [-0.1, -0.05) is 60.7 Å². The predicted octanol–water partition coefficient (Wildman–Crippen LogP) is 4.35. The average molecular weight is 391 g/mol. The molecule has 5 nitrogen and oxygen atoms in total. The van der Waals surface area contributed by atoms with Crippen molar-refractivity contribution in [2.24, 2.45) is 0 Å². The number of ether oxygens (including phenoxy) is 3. The third-order valence-corrected chi connectivity index (χ3v) is 4.50. The lowest BCUT2D eigenvalue weighted by Crippen LogP contribution is -2.23. The Bertz CT molecular complexity index is 923. The van der Waals surface area contributed by atoms with Crippen molar-refractivity contribution >= 4 is 5.91 Å². The van der Waals surface area contributed by atoms with Gasteiger partial charge in [-0.25, -0.2) is 0 Å². The highest BCUT2D eigenvalue weighted by molar-refractivity contribution is 5.97. The van der Waals surface area contributed by atoms with Crippen LogP contribution >= 0.6 is 0 Å². The molecule has 0 saturated carbocycles. The minimum Gasteiger partial charge on any atom is -0.493 e. The van der Waals surface area contributed by atoms with Gasteiger partial charge in [0.25, 0.3) is 5.91 Å². The van der Waals surface area contributed by atoms with E-state index in [0.29, 0.717) is 36.8 Å². The molecule has 0 aromatic heterocycles. The molecule has 3 aromatic rings. The Hall–Kier alpha value is -3.31. The Labute approximate surface area is 171 Å². The van der Waals surface area contributed by atoms with Crippen LogP contribution in [0.3, 0.4) is 0 Å². The number of carbonyl (C=O) groups excluding carboxylic acids is 1. The molecule has 5 heteroatoms. The maximum Gasteiger partial charge on any atom is 0.255 e. The summed E-state index contributed by atoms with van der Waals surface area (Å²) in [5.74, 6) is 0.745.